The largest absolute Gasteiger partial charge is 0.106 e. The minimum absolute atomic E-state index is 0.265. The van der Waals surface area contributed by atoms with Gasteiger partial charge in [-0.2, -0.15) is 0 Å². The molecule has 0 radical (unpaired) electrons. The van der Waals surface area contributed by atoms with E-state index in [4.69, 9.17) is 0 Å². The number of hydrogen-bond acceptors (Lipinski definition) is 0. The Morgan fingerprint density at radius 1 is 0.792 bits per heavy atom. The summed E-state index contributed by atoms with van der Waals surface area (Å²) >= 11 is 0. The van der Waals surface area contributed by atoms with Gasteiger partial charge >= 0.3 is 0 Å². The van der Waals surface area contributed by atoms with Crippen molar-refractivity contribution in [2.45, 2.75) is 39.5 Å². The minimum atomic E-state index is 0.265. The fourth-order valence-electron chi connectivity index (χ4n) is 3.27. The molecule has 24 heavy (non-hydrogen) atoms. The molecule has 0 amide bonds. The summed E-state index contributed by atoms with van der Waals surface area (Å²) in [4.78, 5) is 0. The minimum Gasteiger partial charge on any atom is -0.106 e. The van der Waals surface area contributed by atoms with Crippen molar-refractivity contribution < 1.29 is 0 Å². The first-order valence-corrected chi connectivity index (χ1v) is 8.65. The van der Waals surface area contributed by atoms with Crippen molar-refractivity contribution in [3.63, 3.8) is 0 Å². The Kier molecular flexibility index (Phi) is 4.72. The van der Waals surface area contributed by atoms with Gasteiger partial charge in [0.15, 0.2) is 0 Å². The van der Waals surface area contributed by atoms with Crippen LogP contribution in [0.4, 0.5) is 0 Å². The molecule has 0 aliphatic heterocycles. The van der Waals surface area contributed by atoms with Crippen LogP contribution in [0.15, 0.2) is 60.7 Å². The van der Waals surface area contributed by atoms with Gasteiger partial charge in [0, 0.05) is 5.92 Å². The van der Waals surface area contributed by atoms with Gasteiger partial charge in [0.2, 0.25) is 0 Å². The van der Waals surface area contributed by atoms with E-state index in [9.17, 15) is 0 Å². The van der Waals surface area contributed by atoms with E-state index in [-0.39, 0.29) is 5.92 Å². The number of rotatable bonds is 3. The van der Waals surface area contributed by atoms with Crippen molar-refractivity contribution >= 4 is 10.8 Å². The molecule has 0 heterocycles. The average Bonchev–Trinajstić information content (AvgIpc) is 2.61. The molecule has 0 aromatic heterocycles. The first-order valence-electron chi connectivity index (χ1n) is 8.65. The molecule has 0 saturated heterocycles. The summed E-state index contributed by atoms with van der Waals surface area (Å²) in [6.45, 7) is 8.57. The molecule has 0 saturated carbocycles. The molecule has 3 aromatic rings. The van der Waals surface area contributed by atoms with E-state index in [2.05, 4.69) is 93.3 Å². The molecule has 0 heteroatoms. The molecular formula is C24H24. The molecule has 0 nitrogen and oxygen atoms in total. The van der Waals surface area contributed by atoms with Gasteiger partial charge in [0.25, 0.3) is 0 Å². The highest BCUT2D eigenvalue weighted by atomic mass is 14.1. The van der Waals surface area contributed by atoms with Crippen molar-refractivity contribution in [3.05, 3.63) is 71.8 Å². The molecule has 0 spiro atoms. The zero-order valence-corrected chi connectivity index (χ0v) is 14.9. The summed E-state index contributed by atoms with van der Waals surface area (Å²) in [5, 5.41) is 2.67. The number of fused-ring (bicyclic) bond motifs is 1. The third-order valence-corrected chi connectivity index (χ3v) is 4.62. The van der Waals surface area contributed by atoms with Crippen LogP contribution < -0.4 is 0 Å². The van der Waals surface area contributed by atoms with Crippen LogP contribution in [0.25, 0.3) is 21.9 Å². The lowest BCUT2D eigenvalue weighted by molar-refractivity contribution is 0.876. The lowest BCUT2D eigenvalue weighted by atomic mass is 9.92. The van der Waals surface area contributed by atoms with Gasteiger partial charge in [-0.15, -0.1) is 5.92 Å². The van der Waals surface area contributed by atoms with E-state index in [0.717, 1.165) is 0 Å². The normalized spacial score (nSPS) is 12.0. The van der Waals surface area contributed by atoms with Crippen LogP contribution in [0.3, 0.4) is 0 Å². The zero-order chi connectivity index (χ0) is 17.1. The Morgan fingerprint density at radius 2 is 1.54 bits per heavy atom. The molecule has 0 aliphatic rings. The quantitative estimate of drug-likeness (QED) is 0.469. The van der Waals surface area contributed by atoms with Gasteiger partial charge < -0.3 is 0 Å². The van der Waals surface area contributed by atoms with Gasteiger partial charge in [0.05, 0.1) is 0 Å². The molecule has 3 aromatic carbocycles. The van der Waals surface area contributed by atoms with Gasteiger partial charge in [0.1, 0.15) is 0 Å². The van der Waals surface area contributed by atoms with Crippen LogP contribution >= 0.6 is 0 Å². The van der Waals surface area contributed by atoms with E-state index in [0.29, 0.717) is 5.92 Å². The average molecular weight is 312 g/mol. The van der Waals surface area contributed by atoms with Crippen molar-refractivity contribution in [3.8, 4) is 23.0 Å². The smallest absolute Gasteiger partial charge is 0.0424 e. The summed E-state index contributed by atoms with van der Waals surface area (Å²) in [6.07, 6.45) is 0. The molecule has 0 aliphatic carbocycles. The van der Waals surface area contributed by atoms with Crippen molar-refractivity contribution in [1.29, 1.82) is 0 Å². The Labute approximate surface area is 145 Å². The second-order valence-electron chi connectivity index (χ2n) is 6.68. The highest BCUT2D eigenvalue weighted by Gasteiger charge is 2.08. The molecule has 1 atom stereocenters. The summed E-state index contributed by atoms with van der Waals surface area (Å²) in [5.74, 6) is 7.05. The molecule has 1 unspecified atom stereocenters. The Hall–Kier alpha value is -2.52. The fourth-order valence-corrected chi connectivity index (χ4v) is 3.27. The lowest BCUT2D eigenvalue weighted by Crippen LogP contribution is -1.92. The monoisotopic (exact) mass is 312 g/mol. The van der Waals surface area contributed by atoms with E-state index < -0.39 is 0 Å². The summed E-state index contributed by atoms with van der Waals surface area (Å²) in [7, 11) is 0. The van der Waals surface area contributed by atoms with Crippen LogP contribution in [0.2, 0.25) is 0 Å². The number of hydrogen-bond donors (Lipinski definition) is 0. The van der Waals surface area contributed by atoms with Crippen molar-refractivity contribution in [1.82, 2.24) is 0 Å². The molecule has 0 bridgehead atoms. The molecule has 120 valence electrons. The molecular weight excluding hydrogens is 288 g/mol. The Morgan fingerprint density at radius 3 is 2.29 bits per heavy atom. The summed E-state index contributed by atoms with van der Waals surface area (Å²) < 4.78 is 0. The first kappa shape index (κ1) is 16.3. The first-order chi connectivity index (χ1) is 11.6. The van der Waals surface area contributed by atoms with Crippen LogP contribution in [0, 0.1) is 11.8 Å². The van der Waals surface area contributed by atoms with E-state index >= 15 is 0 Å². The summed E-state index contributed by atoms with van der Waals surface area (Å²) in [5.41, 5.74) is 5.22. The second-order valence-corrected chi connectivity index (χ2v) is 6.68. The van der Waals surface area contributed by atoms with Crippen LogP contribution in [0.5, 0.6) is 0 Å². The molecule has 0 fully saturated rings. The van der Waals surface area contributed by atoms with Crippen LogP contribution in [-0.4, -0.2) is 0 Å². The van der Waals surface area contributed by atoms with Gasteiger partial charge in [-0.25, -0.2) is 0 Å². The highest BCUT2D eigenvalue weighted by molar-refractivity contribution is 5.90. The Balaban J connectivity index is 2.11. The maximum atomic E-state index is 3.24. The highest BCUT2D eigenvalue weighted by Crippen LogP contribution is 2.31. The molecule has 0 N–H and O–H groups in total. The zero-order valence-electron chi connectivity index (χ0n) is 14.9. The van der Waals surface area contributed by atoms with Crippen LogP contribution in [-0.2, 0) is 0 Å². The van der Waals surface area contributed by atoms with Gasteiger partial charge in [-0.1, -0.05) is 68.3 Å². The SMILES string of the molecule is CC#CC(C)c1cccc(-c2ccc3cccc(C(C)C)c3c2)c1. The van der Waals surface area contributed by atoms with E-state index in [1.54, 1.807) is 0 Å². The maximum Gasteiger partial charge on any atom is 0.0424 e. The standard InChI is InChI=1S/C24H24/c1-5-8-18(4)20-10-6-11-21(15-20)22-14-13-19-9-7-12-23(17(2)3)24(19)16-22/h6-7,9-18H,1-4H3. The van der Waals surface area contributed by atoms with Crippen LogP contribution in [0.1, 0.15) is 50.7 Å². The maximum absolute atomic E-state index is 3.24. The van der Waals surface area contributed by atoms with Gasteiger partial charge in [-0.3, -0.25) is 0 Å². The predicted molar refractivity (Wildman–Crippen MR) is 105 cm³/mol. The third kappa shape index (κ3) is 3.22. The van der Waals surface area contributed by atoms with Gasteiger partial charge in [-0.05, 0) is 64.9 Å². The molecule has 3 rings (SSSR count). The number of benzene rings is 3. The predicted octanol–water partition coefficient (Wildman–Crippen LogP) is 6.76. The van der Waals surface area contributed by atoms with E-state index in [1.165, 1.54) is 33.0 Å². The second kappa shape index (κ2) is 6.93. The summed E-state index contributed by atoms with van der Waals surface area (Å²) in [6, 6.07) is 22.1. The Bertz CT molecular complexity index is 919. The van der Waals surface area contributed by atoms with E-state index in [1.807, 2.05) is 6.92 Å². The van der Waals surface area contributed by atoms with Crippen molar-refractivity contribution in [2.24, 2.45) is 0 Å². The topological polar surface area (TPSA) is 0 Å². The van der Waals surface area contributed by atoms with Crippen molar-refractivity contribution in [2.75, 3.05) is 0 Å². The fraction of sp³-hybridized carbons (Fsp3) is 0.250. The third-order valence-electron chi connectivity index (χ3n) is 4.62. The lowest BCUT2D eigenvalue weighted by Gasteiger charge is -2.13.